The molecule has 2 heterocycles. The highest BCUT2D eigenvalue weighted by molar-refractivity contribution is 8.01. The van der Waals surface area contributed by atoms with Crippen molar-refractivity contribution in [2.75, 3.05) is 36.6 Å². The van der Waals surface area contributed by atoms with Crippen LogP contribution in [0.2, 0.25) is 0 Å². The van der Waals surface area contributed by atoms with Gasteiger partial charge in [0.15, 0.2) is 10.0 Å². The first-order valence-corrected chi connectivity index (χ1v) is 12.3. The maximum absolute atomic E-state index is 13.2. The Hall–Kier alpha value is -2.96. The average Bonchev–Trinajstić information content (AvgIpc) is 3.26. The second-order valence-corrected chi connectivity index (χ2v) is 9.91. The number of ether oxygens (including phenoxy) is 1. The first kappa shape index (κ1) is 25.7. The monoisotopic (exact) mass is 507 g/mol. The second-order valence-electron chi connectivity index (χ2n) is 7.83. The lowest BCUT2D eigenvalue weighted by atomic mass is 10.2. The lowest BCUT2D eigenvalue weighted by Crippen LogP contribution is -2.43. The Balaban J connectivity index is 1.82. The normalized spacial score (nSPS) is 11.2. The van der Waals surface area contributed by atoms with Crippen LogP contribution in [0.5, 0.6) is 0 Å². The first-order chi connectivity index (χ1) is 16.2. The highest BCUT2D eigenvalue weighted by Crippen LogP contribution is 2.29. The molecule has 0 spiro atoms. The highest BCUT2D eigenvalue weighted by Gasteiger charge is 2.24. The predicted octanol–water partition coefficient (Wildman–Crippen LogP) is 2.81. The Morgan fingerprint density at radius 2 is 2.03 bits per heavy atom. The van der Waals surface area contributed by atoms with Crippen molar-refractivity contribution in [3.05, 3.63) is 56.3 Å². The van der Waals surface area contributed by atoms with E-state index >= 15 is 0 Å². The van der Waals surface area contributed by atoms with Gasteiger partial charge in [0, 0.05) is 31.1 Å². The van der Waals surface area contributed by atoms with Crippen LogP contribution < -0.4 is 21.9 Å². The number of H-pyrrole nitrogens is 1. The summed E-state index contributed by atoms with van der Waals surface area (Å²) < 4.78 is 20.2. The number of hydrogen-bond donors (Lipinski definition) is 2. The lowest BCUT2D eigenvalue weighted by Gasteiger charge is -2.24. The zero-order valence-corrected chi connectivity index (χ0v) is 20.7. The van der Waals surface area contributed by atoms with Crippen LogP contribution >= 0.6 is 23.1 Å². The van der Waals surface area contributed by atoms with Gasteiger partial charge in [0.2, 0.25) is 5.91 Å². The summed E-state index contributed by atoms with van der Waals surface area (Å²) in [6.07, 6.45) is 0. The summed E-state index contributed by atoms with van der Waals surface area (Å²) in [5, 5.41) is 1.83. The van der Waals surface area contributed by atoms with Crippen LogP contribution in [0.15, 0.2) is 43.6 Å². The number of aromatic nitrogens is 3. The molecule has 0 saturated heterocycles. The number of nitrogens with one attached hydrogen (secondary N) is 1. The molecule has 0 atom stereocenters. The van der Waals surface area contributed by atoms with Crippen molar-refractivity contribution >= 4 is 40.5 Å². The molecule has 0 unspecified atom stereocenters. The minimum absolute atomic E-state index is 0.0116. The first-order valence-electron chi connectivity index (χ1n) is 10.5. The number of nitrogens with two attached hydrogens (primary N) is 1. The number of benzene rings is 1. The number of thiazole rings is 1. The number of amides is 1. The molecule has 9 nitrogen and oxygen atoms in total. The molecular formula is C22H26FN5O4S2. The molecule has 3 rings (SSSR count). The van der Waals surface area contributed by atoms with Gasteiger partial charge in [-0.2, -0.15) is 0 Å². The zero-order valence-electron chi connectivity index (χ0n) is 19.0. The molecule has 0 aliphatic heterocycles. The average molecular weight is 508 g/mol. The third-order valence-electron chi connectivity index (χ3n) is 4.79. The van der Waals surface area contributed by atoms with Gasteiger partial charge in [-0.15, -0.1) is 11.3 Å². The Bertz CT molecular complexity index is 1250. The van der Waals surface area contributed by atoms with Gasteiger partial charge in [0.1, 0.15) is 11.6 Å². The fraction of sp³-hybridized carbons (Fsp3) is 0.364. The molecular weight excluding hydrogens is 481 g/mol. The van der Waals surface area contributed by atoms with Crippen molar-refractivity contribution in [1.29, 1.82) is 0 Å². The van der Waals surface area contributed by atoms with E-state index in [2.05, 4.69) is 9.97 Å². The van der Waals surface area contributed by atoms with Crippen LogP contribution in [0, 0.1) is 11.7 Å². The van der Waals surface area contributed by atoms with Crippen LogP contribution in [0.1, 0.15) is 13.8 Å². The molecule has 182 valence electrons. The van der Waals surface area contributed by atoms with E-state index in [1.54, 1.807) is 12.1 Å². The molecule has 12 heteroatoms. The summed E-state index contributed by atoms with van der Waals surface area (Å²) in [6, 6.07) is 5.99. The quantitative estimate of drug-likeness (QED) is 0.405. The Labute approximate surface area is 203 Å². The van der Waals surface area contributed by atoms with Gasteiger partial charge in [0.05, 0.1) is 18.1 Å². The van der Waals surface area contributed by atoms with E-state index in [0.717, 1.165) is 5.56 Å². The molecule has 3 aromatic rings. The molecule has 0 radical (unpaired) electrons. The van der Waals surface area contributed by atoms with Crippen molar-refractivity contribution in [1.82, 2.24) is 14.5 Å². The Morgan fingerprint density at radius 1 is 1.32 bits per heavy atom. The number of nitrogen functional groups attached to an aromatic ring is 1. The summed E-state index contributed by atoms with van der Waals surface area (Å²) in [7, 11) is 1.48. The van der Waals surface area contributed by atoms with Crippen molar-refractivity contribution in [3.63, 3.8) is 0 Å². The van der Waals surface area contributed by atoms with Crippen molar-refractivity contribution in [3.8, 4) is 11.3 Å². The number of halogens is 1. The molecule has 2 aromatic heterocycles. The highest BCUT2D eigenvalue weighted by atomic mass is 32.2. The lowest BCUT2D eigenvalue weighted by molar-refractivity contribution is -0.116. The molecule has 0 aliphatic carbocycles. The number of hydrogen-bond acceptors (Lipinski definition) is 8. The third kappa shape index (κ3) is 6.13. The smallest absolute Gasteiger partial charge is 0.330 e. The van der Waals surface area contributed by atoms with Gasteiger partial charge in [-0.3, -0.25) is 19.1 Å². The van der Waals surface area contributed by atoms with Crippen molar-refractivity contribution in [2.24, 2.45) is 5.92 Å². The maximum atomic E-state index is 13.2. The largest absolute Gasteiger partial charge is 0.383 e. The molecule has 1 aromatic carbocycles. The van der Waals surface area contributed by atoms with E-state index in [9.17, 15) is 18.8 Å². The van der Waals surface area contributed by atoms with Gasteiger partial charge >= 0.3 is 5.69 Å². The van der Waals surface area contributed by atoms with E-state index in [4.69, 9.17) is 10.5 Å². The maximum Gasteiger partial charge on any atom is 0.330 e. The number of aromatic amines is 1. The summed E-state index contributed by atoms with van der Waals surface area (Å²) in [4.78, 5) is 46.1. The van der Waals surface area contributed by atoms with Crippen molar-refractivity contribution < 1.29 is 13.9 Å². The molecule has 3 N–H and O–H groups in total. The zero-order chi connectivity index (χ0) is 24.8. The third-order valence-corrected chi connectivity index (χ3v) is 6.80. The number of carbonyl (C=O) groups excluding carboxylic acids is 1. The van der Waals surface area contributed by atoms with Crippen LogP contribution in [-0.2, 0) is 16.1 Å². The molecule has 34 heavy (non-hydrogen) atoms. The van der Waals surface area contributed by atoms with E-state index in [1.165, 1.54) is 51.8 Å². The van der Waals surface area contributed by atoms with Gasteiger partial charge in [-0.1, -0.05) is 25.6 Å². The van der Waals surface area contributed by atoms with E-state index in [1.807, 2.05) is 19.2 Å². The molecule has 0 fully saturated rings. The van der Waals surface area contributed by atoms with Gasteiger partial charge < -0.3 is 15.4 Å². The van der Waals surface area contributed by atoms with Gasteiger partial charge in [-0.25, -0.2) is 14.2 Å². The fourth-order valence-electron chi connectivity index (χ4n) is 3.21. The molecule has 0 aliphatic rings. The number of anilines is 2. The SMILES string of the molecule is COCCN(C(=O)CSc1nc(-c2ccc(F)cc2)cs1)c1c(N)n(CC(C)C)c(=O)[nH]c1=O. The van der Waals surface area contributed by atoms with E-state index < -0.39 is 11.2 Å². The second kappa shape index (κ2) is 11.4. The molecule has 0 saturated carbocycles. The number of methoxy groups -OCH3 is 1. The van der Waals surface area contributed by atoms with E-state index in [0.29, 0.717) is 16.6 Å². The number of rotatable bonds is 10. The Kier molecular flexibility index (Phi) is 8.64. The van der Waals surface area contributed by atoms with E-state index in [-0.39, 0.29) is 48.1 Å². The molecule has 1 amide bonds. The summed E-state index contributed by atoms with van der Waals surface area (Å²) >= 11 is 2.57. The number of carbonyl (C=O) groups is 1. The predicted molar refractivity (Wildman–Crippen MR) is 133 cm³/mol. The standard InChI is InChI=1S/C22H26FN5O4S2/c1-13(2)10-28-19(24)18(20(30)26-21(28)31)27(8-9-32-3)17(29)12-34-22-25-16(11-33-22)14-4-6-15(23)7-5-14/h4-7,11,13H,8-10,12,24H2,1-3H3,(H,26,30,31). The van der Waals surface area contributed by atoms with Crippen LogP contribution in [0.25, 0.3) is 11.3 Å². The van der Waals surface area contributed by atoms with Gasteiger partial charge in [0.25, 0.3) is 5.56 Å². The Morgan fingerprint density at radius 3 is 2.68 bits per heavy atom. The van der Waals surface area contributed by atoms with Crippen LogP contribution in [0.3, 0.4) is 0 Å². The minimum atomic E-state index is -0.732. The number of thioether (sulfide) groups is 1. The van der Waals surface area contributed by atoms with Gasteiger partial charge in [-0.05, 0) is 30.2 Å². The van der Waals surface area contributed by atoms with Crippen LogP contribution in [-0.4, -0.2) is 46.5 Å². The summed E-state index contributed by atoms with van der Waals surface area (Å²) in [5.41, 5.74) is 6.21. The topological polar surface area (TPSA) is 123 Å². The summed E-state index contributed by atoms with van der Waals surface area (Å²) in [5.74, 6) is -0.693. The number of nitrogens with zero attached hydrogens (tertiary/aromatic N) is 3. The summed E-state index contributed by atoms with van der Waals surface area (Å²) in [6.45, 7) is 4.37. The minimum Gasteiger partial charge on any atom is -0.383 e. The van der Waals surface area contributed by atoms with Crippen molar-refractivity contribution in [2.45, 2.75) is 24.7 Å². The fourth-order valence-corrected chi connectivity index (χ4v) is 4.92. The van der Waals surface area contributed by atoms with Crippen LogP contribution in [0.4, 0.5) is 15.9 Å². The molecule has 0 bridgehead atoms.